The monoisotopic (exact) mass is 680 g/mol. The van der Waals surface area contributed by atoms with Crippen LogP contribution in [0.5, 0.6) is 40.2 Å². The van der Waals surface area contributed by atoms with Crippen molar-refractivity contribution >= 4 is 23.1 Å². The van der Waals surface area contributed by atoms with E-state index in [1.54, 1.807) is 36.3 Å². The smallest absolute Gasteiger partial charge is 0.259 e. The molecule has 6 rings (SSSR count). The highest BCUT2D eigenvalue weighted by Gasteiger charge is 2.43. The van der Waals surface area contributed by atoms with Crippen LogP contribution in [0.3, 0.4) is 0 Å². The largest absolute Gasteiger partial charge is 0.497 e. The second-order valence-corrected chi connectivity index (χ2v) is 11.8. The molecule has 0 saturated heterocycles. The fraction of sp³-hybridized carbons (Fsp3) is 0.282. The predicted octanol–water partition coefficient (Wildman–Crippen LogP) is 6.96. The number of amides is 1. The maximum atomic E-state index is 15.1. The first-order valence-corrected chi connectivity index (χ1v) is 16.0. The quantitative estimate of drug-likeness (QED) is 0.189. The summed E-state index contributed by atoms with van der Waals surface area (Å²) in [5.41, 5.74) is 4.26. The Kier molecular flexibility index (Phi) is 9.76. The minimum atomic E-state index is -0.911. The summed E-state index contributed by atoms with van der Waals surface area (Å²) >= 11 is 0. The lowest BCUT2D eigenvalue weighted by Crippen LogP contribution is -2.38. The van der Waals surface area contributed by atoms with E-state index < -0.39 is 11.9 Å². The van der Waals surface area contributed by atoms with E-state index >= 15 is 4.79 Å². The molecule has 260 valence electrons. The van der Waals surface area contributed by atoms with E-state index in [-0.39, 0.29) is 23.7 Å². The molecule has 50 heavy (non-hydrogen) atoms. The number of nitrogens with zero attached hydrogens (tertiary/aromatic N) is 1. The minimum absolute atomic E-state index is 0.103. The van der Waals surface area contributed by atoms with Crippen LogP contribution in [0.1, 0.15) is 46.3 Å². The zero-order chi connectivity index (χ0) is 35.5. The number of allylic oxidation sites excluding steroid dienone is 1. The van der Waals surface area contributed by atoms with Gasteiger partial charge >= 0.3 is 0 Å². The Morgan fingerprint density at radius 3 is 1.76 bits per heavy atom. The van der Waals surface area contributed by atoms with Crippen LogP contribution < -0.4 is 43.4 Å². The second-order valence-electron chi connectivity index (χ2n) is 11.8. The highest BCUT2D eigenvalue weighted by molar-refractivity contribution is 6.12. The van der Waals surface area contributed by atoms with E-state index in [0.29, 0.717) is 69.1 Å². The molecule has 0 radical (unpaired) electrons. The molecule has 1 heterocycles. The van der Waals surface area contributed by atoms with Crippen molar-refractivity contribution in [1.82, 2.24) is 0 Å². The standard InChI is InChI=1S/C39H40N2O9/c1-44-26-14-12-22(13-15-26)23-16-28-35(30(42)17-23)36(24-18-31(45-2)37(49-6)32(19-24)46-3)41(29-11-9-8-10-27(29)40-28)39(43)25-20-33(47-4)38(50-7)34(21-25)48-5/h8-15,18-21,23,36,40H,16-17H2,1-7H3/t23-,36-/m1/s1. The SMILES string of the molecule is COc1ccc([C@H]2CC(=O)C3=C(C2)Nc2ccccc2N(C(=O)c2cc(OC)c(OC)c(OC)c2)[C@@H]3c2cc(OC)c(OC)c(OC)c2)cc1. The molecule has 4 aromatic rings. The summed E-state index contributed by atoms with van der Waals surface area (Å²) < 4.78 is 39.3. The number of rotatable bonds is 10. The highest BCUT2D eigenvalue weighted by Crippen LogP contribution is 2.51. The molecule has 0 spiro atoms. The van der Waals surface area contributed by atoms with Gasteiger partial charge in [0.1, 0.15) is 5.75 Å². The van der Waals surface area contributed by atoms with Gasteiger partial charge in [-0.05, 0) is 72.0 Å². The molecule has 0 saturated carbocycles. The van der Waals surface area contributed by atoms with Gasteiger partial charge in [-0.3, -0.25) is 14.5 Å². The number of ether oxygens (including phenoxy) is 7. The van der Waals surface area contributed by atoms with Crippen molar-refractivity contribution in [2.45, 2.75) is 24.8 Å². The summed E-state index contributed by atoms with van der Waals surface area (Å²) in [5, 5.41) is 3.58. The number of Topliss-reactive ketones (excluding diaryl/α,β-unsaturated/α-hetero) is 1. The van der Waals surface area contributed by atoms with E-state index in [4.69, 9.17) is 33.2 Å². The highest BCUT2D eigenvalue weighted by atomic mass is 16.5. The Balaban J connectivity index is 1.61. The predicted molar refractivity (Wildman–Crippen MR) is 189 cm³/mol. The molecule has 11 heteroatoms. The zero-order valence-electron chi connectivity index (χ0n) is 29.1. The second kappa shape index (κ2) is 14.3. The van der Waals surface area contributed by atoms with Crippen LogP contribution in [0.25, 0.3) is 0 Å². The van der Waals surface area contributed by atoms with Gasteiger partial charge in [0.25, 0.3) is 5.91 Å². The molecule has 4 aromatic carbocycles. The third kappa shape index (κ3) is 5.99. The van der Waals surface area contributed by atoms with Crippen LogP contribution in [0.4, 0.5) is 11.4 Å². The van der Waals surface area contributed by atoms with Crippen molar-refractivity contribution in [3.05, 3.63) is 101 Å². The topological polar surface area (TPSA) is 114 Å². The number of benzene rings is 4. The number of carbonyl (C=O) groups is 2. The van der Waals surface area contributed by atoms with Crippen LogP contribution in [0, 0.1) is 0 Å². The van der Waals surface area contributed by atoms with E-state index in [2.05, 4.69) is 5.32 Å². The van der Waals surface area contributed by atoms with Crippen molar-refractivity contribution < 1.29 is 42.7 Å². The van der Waals surface area contributed by atoms with E-state index in [9.17, 15) is 4.79 Å². The maximum Gasteiger partial charge on any atom is 0.259 e. The van der Waals surface area contributed by atoms with Crippen LogP contribution in [-0.4, -0.2) is 61.5 Å². The Morgan fingerprint density at radius 1 is 0.660 bits per heavy atom. The first-order chi connectivity index (χ1) is 24.3. The Bertz CT molecular complexity index is 1900. The molecule has 0 unspecified atom stereocenters. The molecule has 11 nitrogen and oxygen atoms in total. The van der Waals surface area contributed by atoms with E-state index in [1.165, 1.54) is 42.7 Å². The Hall–Kier alpha value is -5.84. The van der Waals surface area contributed by atoms with Crippen LogP contribution >= 0.6 is 0 Å². The third-order valence-electron chi connectivity index (χ3n) is 9.21. The molecular weight excluding hydrogens is 640 g/mol. The number of carbonyl (C=O) groups excluding carboxylic acids is 2. The van der Waals surface area contributed by atoms with Gasteiger partial charge in [0.05, 0.1) is 67.2 Å². The summed E-state index contributed by atoms with van der Waals surface area (Å²) in [6.07, 6.45) is 0.755. The van der Waals surface area contributed by atoms with E-state index in [0.717, 1.165) is 11.3 Å². The van der Waals surface area contributed by atoms with Crippen molar-refractivity contribution in [1.29, 1.82) is 0 Å². The average molecular weight is 681 g/mol. The lowest BCUT2D eigenvalue weighted by molar-refractivity contribution is -0.116. The number of fused-ring (bicyclic) bond motifs is 1. The minimum Gasteiger partial charge on any atom is -0.497 e. The number of methoxy groups -OCH3 is 7. The molecule has 1 aliphatic heterocycles. The van der Waals surface area contributed by atoms with Gasteiger partial charge in [-0.25, -0.2) is 0 Å². The van der Waals surface area contributed by atoms with Crippen molar-refractivity contribution in [2.75, 3.05) is 60.0 Å². The van der Waals surface area contributed by atoms with Gasteiger partial charge < -0.3 is 38.5 Å². The maximum absolute atomic E-state index is 15.1. The molecule has 1 aliphatic carbocycles. The molecule has 0 bridgehead atoms. The molecule has 2 atom stereocenters. The summed E-state index contributed by atoms with van der Waals surface area (Å²) in [5.74, 6) is 2.26. The summed E-state index contributed by atoms with van der Waals surface area (Å²) in [6, 6.07) is 21.1. The molecule has 0 aromatic heterocycles. The number of para-hydroxylation sites is 2. The van der Waals surface area contributed by atoms with Crippen molar-refractivity contribution in [3.8, 4) is 40.2 Å². The van der Waals surface area contributed by atoms with Gasteiger partial charge in [0, 0.05) is 23.3 Å². The van der Waals surface area contributed by atoms with Gasteiger partial charge in [0.15, 0.2) is 28.8 Å². The average Bonchev–Trinajstić information content (AvgIpc) is 3.31. The fourth-order valence-electron chi connectivity index (χ4n) is 6.84. The Morgan fingerprint density at radius 2 is 1.22 bits per heavy atom. The van der Waals surface area contributed by atoms with Crippen LogP contribution in [0.15, 0.2) is 84.1 Å². The van der Waals surface area contributed by atoms with Crippen LogP contribution in [0.2, 0.25) is 0 Å². The Labute approximate surface area is 291 Å². The lowest BCUT2D eigenvalue weighted by atomic mass is 9.78. The zero-order valence-corrected chi connectivity index (χ0v) is 29.1. The van der Waals surface area contributed by atoms with Crippen LogP contribution in [-0.2, 0) is 4.79 Å². The number of anilines is 2. The summed E-state index contributed by atoms with van der Waals surface area (Å²) in [6.45, 7) is 0. The van der Waals surface area contributed by atoms with Gasteiger partial charge in [-0.2, -0.15) is 0 Å². The summed E-state index contributed by atoms with van der Waals surface area (Å²) in [7, 11) is 10.7. The van der Waals surface area contributed by atoms with Crippen molar-refractivity contribution in [3.63, 3.8) is 0 Å². The van der Waals surface area contributed by atoms with Gasteiger partial charge in [-0.1, -0.05) is 24.3 Å². The normalized spacial score (nSPS) is 16.7. The number of ketones is 1. The fourth-order valence-corrected chi connectivity index (χ4v) is 6.84. The molecular formula is C39H40N2O9. The van der Waals surface area contributed by atoms with Crippen molar-refractivity contribution in [2.24, 2.45) is 0 Å². The molecule has 0 fully saturated rings. The third-order valence-corrected chi connectivity index (χ3v) is 9.21. The number of nitrogens with one attached hydrogen (secondary N) is 1. The molecule has 2 aliphatic rings. The van der Waals surface area contributed by atoms with Gasteiger partial charge in [-0.15, -0.1) is 0 Å². The van der Waals surface area contributed by atoms with Gasteiger partial charge in [0.2, 0.25) is 11.5 Å². The number of hydrogen-bond acceptors (Lipinski definition) is 10. The van der Waals surface area contributed by atoms with E-state index in [1.807, 2.05) is 48.5 Å². The lowest BCUT2D eigenvalue weighted by Gasteiger charge is -2.35. The first kappa shape index (κ1) is 34.0. The summed E-state index contributed by atoms with van der Waals surface area (Å²) in [4.78, 5) is 31.4. The first-order valence-electron chi connectivity index (χ1n) is 16.0. The molecule has 1 N–H and O–H groups in total. The molecule has 1 amide bonds. The number of hydrogen-bond donors (Lipinski definition) is 1.